The fourth-order valence-electron chi connectivity index (χ4n) is 6.86. The van der Waals surface area contributed by atoms with Crippen molar-refractivity contribution in [2.75, 3.05) is 0 Å². The molecule has 2 aliphatic carbocycles. The van der Waals surface area contributed by atoms with E-state index in [4.69, 9.17) is 9.97 Å². The van der Waals surface area contributed by atoms with Gasteiger partial charge in [0.1, 0.15) is 11.6 Å². The van der Waals surface area contributed by atoms with Gasteiger partial charge in [-0.2, -0.15) is 0 Å². The van der Waals surface area contributed by atoms with Gasteiger partial charge in [0.05, 0.1) is 22.1 Å². The van der Waals surface area contributed by atoms with E-state index in [-0.39, 0.29) is 0 Å². The second kappa shape index (κ2) is 8.27. The molecule has 2 N–H and O–H groups in total. The monoisotopic (exact) mass is 514 g/mol. The SMILES string of the molecule is C1=Cc2c(c3c(c4[nH]c(-c5ccc(-c6nc7c8ccccc8c8ccccc8c7[nH]6)cc5)nc24)C=CCC3)CC1. The number of aromatic nitrogens is 4. The molecule has 0 bridgehead atoms. The lowest BCUT2D eigenvalue weighted by molar-refractivity contribution is 0.910. The predicted octanol–water partition coefficient (Wildman–Crippen LogP) is 9.00. The highest BCUT2D eigenvalue weighted by molar-refractivity contribution is 6.23. The highest BCUT2D eigenvalue weighted by Crippen LogP contribution is 2.39. The quantitative estimate of drug-likeness (QED) is 0.226. The van der Waals surface area contributed by atoms with E-state index in [0.29, 0.717) is 0 Å². The molecular weight excluding hydrogens is 488 g/mol. The number of imidazole rings is 2. The van der Waals surface area contributed by atoms with Crippen molar-refractivity contribution in [2.45, 2.75) is 25.7 Å². The summed E-state index contributed by atoms with van der Waals surface area (Å²) in [5, 5.41) is 4.85. The summed E-state index contributed by atoms with van der Waals surface area (Å²) in [6, 6.07) is 25.7. The number of allylic oxidation sites excluding steroid dienone is 2. The summed E-state index contributed by atoms with van der Waals surface area (Å²) in [6.45, 7) is 0. The molecule has 0 unspecified atom stereocenters. The van der Waals surface area contributed by atoms with Crippen molar-refractivity contribution >= 4 is 55.8 Å². The molecule has 9 rings (SSSR count). The normalized spacial score (nSPS) is 14.4. The minimum Gasteiger partial charge on any atom is -0.337 e. The highest BCUT2D eigenvalue weighted by atomic mass is 14.9. The average molecular weight is 515 g/mol. The minimum atomic E-state index is 0.881. The molecule has 7 aromatic rings. The van der Waals surface area contributed by atoms with Crippen LogP contribution in [0.2, 0.25) is 0 Å². The first-order valence-corrected chi connectivity index (χ1v) is 14.1. The van der Waals surface area contributed by atoms with Crippen LogP contribution in [0.15, 0.2) is 84.9 Å². The number of hydrogen-bond donors (Lipinski definition) is 2. The Morgan fingerprint density at radius 2 is 1.02 bits per heavy atom. The van der Waals surface area contributed by atoms with E-state index < -0.39 is 0 Å². The third-order valence-corrected chi connectivity index (χ3v) is 8.74. The number of fused-ring (bicyclic) bond motifs is 12. The van der Waals surface area contributed by atoms with Gasteiger partial charge < -0.3 is 9.97 Å². The molecule has 0 saturated heterocycles. The van der Waals surface area contributed by atoms with E-state index in [0.717, 1.165) is 70.5 Å². The Balaban J connectivity index is 1.17. The summed E-state index contributed by atoms with van der Waals surface area (Å²) in [4.78, 5) is 17.6. The highest BCUT2D eigenvalue weighted by Gasteiger charge is 2.22. The Kier molecular flexibility index (Phi) is 4.53. The lowest BCUT2D eigenvalue weighted by atomic mass is 9.84. The maximum absolute atomic E-state index is 5.15. The van der Waals surface area contributed by atoms with Crippen LogP contribution in [0.5, 0.6) is 0 Å². The molecule has 4 nitrogen and oxygen atoms in total. The number of benzene rings is 5. The van der Waals surface area contributed by atoms with Gasteiger partial charge in [-0.05, 0) is 47.6 Å². The Morgan fingerprint density at radius 1 is 0.500 bits per heavy atom. The van der Waals surface area contributed by atoms with Crippen LogP contribution in [0.3, 0.4) is 0 Å². The van der Waals surface area contributed by atoms with Crippen LogP contribution < -0.4 is 0 Å². The van der Waals surface area contributed by atoms with Gasteiger partial charge in [0, 0.05) is 33.0 Å². The molecule has 0 aliphatic heterocycles. The largest absolute Gasteiger partial charge is 0.337 e. The maximum atomic E-state index is 5.15. The predicted molar refractivity (Wildman–Crippen MR) is 166 cm³/mol. The first-order valence-electron chi connectivity index (χ1n) is 14.1. The summed E-state index contributed by atoms with van der Waals surface area (Å²) in [5.74, 6) is 1.79. The number of hydrogen-bond acceptors (Lipinski definition) is 2. The second-order valence-electron chi connectivity index (χ2n) is 11.0. The number of rotatable bonds is 2. The molecule has 2 aromatic heterocycles. The van der Waals surface area contributed by atoms with Gasteiger partial charge in [0.25, 0.3) is 0 Å². The molecule has 0 radical (unpaired) electrons. The number of nitrogens with zero attached hydrogens (tertiary/aromatic N) is 2. The van der Waals surface area contributed by atoms with Crippen LogP contribution in [0.25, 0.3) is 78.5 Å². The molecule has 0 spiro atoms. The zero-order valence-electron chi connectivity index (χ0n) is 22.0. The van der Waals surface area contributed by atoms with E-state index in [1.165, 1.54) is 43.8 Å². The molecule has 190 valence electrons. The van der Waals surface area contributed by atoms with Crippen molar-refractivity contribution in [2.24, 2.45) is 0 Å². The third kappa shape index (κ3) is 3.07. The van der Waals surface area contributed by atoms with E-state index in [2.05, 4.69) is 107 Å². The van der Waals surface area contributed by atoms with E-state index in [1.54, 1.807) is 0 Å². The topological polar surface area (TPSA) is 57.4 Å². The van der Waals surface area contributed by atoms with Gasteiger partial charge in [0.15, 0.2) is 0 Å². The van der Waals surface area contributed by atoms with E-state index in [1.807, 2.05) is 0 Å². The summed E-state index contributed by atoms with van der Waals surface area (Å²) >= 11 is 0. The molecule has 2 aliphatic rings. The fourth-order valence-corrected chi connectivity index (χ4v) is 6.86. The molecule has 4 heteroatoms. The third-order valence-electron chi connectivity index (χ3n) is 8.74. The minimum absolute atomic E-state index is 0.881. The molecular formula is C36H26N4. The average Bonchev–Trinajstić information content (AvgIpc) is 3.68. The Bertz CT molecular complexity index is 2070. The maximum Gasteiger partial charge on any atom is 0.138 e. The molecule has 0 saturated carbocycles. The number of H-pyrrole nitrogens is 2. The standard InChI is InChI=1S/C36H26N4/c1-5-13-27-23(9-1)24-10-2-6-14-28(24)32-31(27)37-35(38-32)21-17-19-22(20-18-21)36-39-33-29-15-7-3-11-25(29)26-12-4-8-16-30(26)34(33)40-36/h1-2,5-10,13-20H,3-4,11-12H2,(H,37,38)(H,39,40). The van der Waals surface area contributed by atoms with Crippen molar-refractivity contribution in [1.29, 1.82) is 0 Å². The van der Waals surface area contributed by atoms with Crippen molar-refractivity contribution in [3.8, 4) is 22.8 Å². The lowest BCUT2D eigenvalue weighted by Crippen LogP contribution is -2.06. The van der Waals surface area contributed by atoms with Crippen LogP contribution in [0, 0.1) is 0 Å². The molecule has 5 aromatic carbocycles. The lowest BCUT2D eigenvalue weighted by Gasteiger charge is -2.21. The van der Waals surface area contributed by atoms with Crippen molar-refractivity contribution < 1.29 is 0 Å². The summed E-state index contributed by atoms with van der Waals surface area (Å²) < 4.78 is 0. The molecule has 40 heavy (non-hydrogen) atoms. The fraction of sp³-hybridized carbons (Fsp3) is 0.111. The summed E-state index contributed by atoms with van der Waals surface area (Å²) in [7, 11) is 0. The zero-order chi connectivity index (χ0) is 26.2. The number of nitrogens with one attached hydrogen (secondary N) is 2. The Morgan fingerprint density at radius 3 is 1.73 bits per heavy atom. The van der Waals surface area contributed by atoms with Crippen LogP contribution in [-0.4, -0.2) is 19.9 Å². The first-order chi connectivity index (χ1) is 19.8. The Hall–Kier alpha value is -4.96. The summed E-state index contributed by atoms with van der Waals surface area (Å²) in [6.07, 6.45) is 13.6. The number of aromatic amines is 2. The molecule has 0 fully saturated rings. The van der Waals surface area contributed by atoms with Crippen molar-refractivity contribution in [3.05, 3.63) is 107 Å². The smallest absolute Gasteiger partial charge is 0.138 e. The van der Waals surface area contributed by atoms with Gasteiger partial charge in [-0.15, -0.1) is 0 Å². The molecule has 2 heterocycles. The second-order valence-corrected chi connectivity index (χ2v) is 11.0. The van der Waals surface area contributed by atoms with Gasteiger partial charge in [-0.3, -0.25) is 0 Å². The van der Waals surface area contributed by atoms with Crippen LogP contribution >= 0.6 is 0 Å². The Labute approximate surface area is 231 Å². The summed E-state index contributed by atoms with van der Waals surface area (Å²) in [5.41, 5.74) is 12.1. The van der Waals surface area contributed by atoms with Crippen molar-refractivity contribution in [3.63, 3.8) is 0 Å². The van der Waals surface area contributed by atoms with Crippen LogP contribution in [-0.2, 0) is 12.8 Å². The van der Waals surface area contributed by atoms with Crippen molar-refractivity contribution in [1.82, 2.24) is 19.9 Å². The first kappa shape index (κ1) is 21.9. The van der Waals surface area contributed by atoms with E-state index in [9.17, 15) is 0 Å². The van der Waals surface area contributed by atoms with Crippen LogP contribution in [0.4, 0.5) is 0 Å². The van der Waals surface area contributed by atoms with Gasteiger partial charge in [0.2, 0.25) is 0 Å². The molecule has 0 amide bonds. The van der Waals surface area contributed by atoms with Gasteiger partial charge in [-0.1, -0.05) is 97.1 Å². The van der Waals surface area contributed by atoms with Gasteiger partial charge >= 0.3 is 0 Å². The molecule has 0 atom stereocenters. The zero-order valence-corrected chi connectivity index (χ0v) is 22.0. The van der Waals surface area contributed by atoms with E-state index >= 15 is 0 Å². The van der Waals surface area contributed by atoms with Crippen LogP contribution in [0.1, 0.15) is 35.1 Å². The van der Waals surface area contributed by atoms with Gasteiger partial charge in [-0.25, -0.2) is 9.97 Å².